The third kappa shape index (κ3) is 2.89. The fourth-order valence-corrected chi connectivity index (χ4v) is 2.05. The Morgan fingerprint density at radius 3 is 2.35 bits per heavy atom. The Labute approximate surface area is 119 Å². The number of nitrogens with zero attached hydrogens (tertiary/aromatic N) is 1. The second kappa shape index (κ2) is 6.35. The SMILES string of the molecule is CC(CO)N(C)C(=O)c1ccccc1-c1ccccc1. The Bertz CT molecular complexity index is 581. The van der Waals surface area contributed by atoms with Gasteiger partial charge in [-0.1, -0.05) is 48.5 Å². The summed E-state index contributed by atoms with van der Waals surface area (Å²) in [6.07, 6.45) is 0. The van der Waals surface area contributed by atoms with Crippen molar-refractivity contribution in [3.05, 3.63) is 60.2 Å². The summed E-state index contributed by atoms with van der Waals surface area (Å²) in [5, 5.41) is 9.19. The summed E-state index contributed by atoms with van der Waals surface area (Å²) in [7, 11) is 1.71. The van der Waals surface area contributed by atoms with Crippen LogP contribution in [-0.4, -0.2) is 35.6 Å². The molecule has 0 aliphatic rings. The van der Waals surface area contributed by atoms with Crippen molar-refractivity contribution in [3.63, 3.8) is 0 Å². The van der Waals surface area contributed by atoms with Crippen molar-refractivity contribution in [2.75, 3.05) is 13.7 Å². The quantitative estimate of drug-likeness (QED) is 0.927. The zero-order valence-corrected chi connectivity index (χ0v) is 11.8. The summed E-state index contributed by atoms with van der Waals surface area (Å²) in [5.41, 5.74) is 2.58. The van der Waals surface area contributed by atoms with Gasteiger partial charge in [0.05, 0.1) is 12.6 Å². The minimum absolute atomic E-state index is 0.0459. The Morgan fingerprint density at radius 2 is 1.70 bits per heavy atom. The van der Waals surface area contributed by atoms with Crippen LogP contribution >= 0.6 is 0 Å². The highest BCUT2D eigenvalue weighted by atomic mass is 16.3. The van der Waals surface area contributed by atoms with Gasteiger partial charge in [-0.05, 0) is 24.1 Å². The number of benzene rings is 2. The first kappa shape index (κ1) is 14.3. The molecule has 1 atom stereocenters. The lowest BCUT2D eigenvalue weighted by Crippen LogP contribution is -2.37. The van der Waals surface area contributed by atoms with Crippen LogP contribution in [0.4, 0.5) is 0 Å². The van der Waals surface area contributed by atoms with E-state index in [0.29, 0.717) is 5.56 Å². The fourth-order valence-electron chi connectivity index (χ4n) is 2.05. The predicted molar refractivity (Wildman–Crippen MR) is 80.5 cm³/mol. The van der Waals surface area contributed by atoms with Crippen molar-refractivity contribution in [1.29, 1.82) is 0 Å². The van der Waals surface area contributed by atoms with Gasteiger partial charge in [0.15, 0.2) is 0 Å². The normalized spacial score (nSPS) is 11.9. The van der Waals surface area contributed by atoms with E-state index in [1.54, 1.807) is 11.9 Å². The highest BCUT2D eigenvalue weighted by Crippen LogP contribution is 2.24. The molecule has 2 aromatic rings. The standard InChI is InChI=1S/C17H19NO2/c1-13(12-19)18(2)17(20)16-11-7-6-10-15(16)14-8-4-3-5-9-14/h3-11,13,19H,12H2,1-2H3. The smallest absolute Gasteiger partial charge is 0.254 e. The van der Waals surface area contributed by atoms with E-state index in [-0.39, 0.29) is 18.6 Å². The first-order chi connectivity index (χ1) is 9.65. The average Bonchev–Trinajstić information content (AvgIpc) is 2.53. The summed E-state index contributed by atoms with van der Waals surface area (Å²) < 4.78 is 0. The molecular weight excluding hydrogens is 250 g/mol. The van der Waals surface area contributed by atoms with Crippen LogP contribution in [0.15, 0.2) is 54.6 Å². The topological polar surface area (TPSA) is 40.5 Å². The van der Waals surface area contributed by atoms with Crippen molar-refractivity contribution in [1.82, 2.24) is 4.90 Å². The molecule has 0 radical (unpaired) electrons. The molecule has 104 valence electrons. The molecule has 20 heavy (non-hydrogen) atoms. The van der Waals surface area contributed by atoms with Crippen molar-refractivity contribution >= 4 is 5.91 Å². The third-order valence-electron chi connectivity index (χ3n) is 3.49. The maximum absolute atomic E-state index is 12.6. The van der Waals surface area contributed by atoms with E-state index in [2.05, 4.69) is 0 Å². The molecule has 0 aliphatic heterocycles. The van der Waals surface area contributed by atoms with E-state index in [4.69, 9.17) is 0 Å². The zero-order chi connectivity index (χ0) is 14.5. The highest BCUT2D eigenvalue weighted by Gasteiger charge is 2.19. The van der Waals surface area contributed by atoms with Gasteiger partial charge in [0.1, 0.15) is 0 Å². The number of rotatable bonds is 4. The number of hydrogen-bond donors (Lipinski definition) is 1. The van der Waals surface area contributed by atoms with Crippen molar-refractivity contribution in [3.8, 4) is 11.1 Å². The molecule has 2 aromatic carbocycles. The highest BCUT2D eigenvalue weighted by molar-refractivity contribution is 6.00. The molecule has 0 heterocycles. The molecule has 0 bridgehead atoms. The summed E-state index contributed by atoms with van der Waals surface area (Å²) in [6, 6.07) is 17.2. The van der Waals surface area contributed by atoms with Gasteiger partial charge in [-0.3, -0.25) is 4.79 Å². The second-order valence-electron chi connectivity index (χ2n) is 4.86. The van der Waals surface area contributed by atoms with E-state index < -0.39 is 0 Å². The molecule has 0 fully saturated rings. The molecular formula is C17H19NO2. The Hall–Kier alpha value is -2.13. The van der Waals surface area contributed by atoms with E-state index in [9.17, 15) is 9.90 Å². The minimum Gasteiger partial charge on any atom is -0.394 e. The van der Waals surface area contributed by atoms with Crippen LogP contribution in [0.5, 0.6) is 0 Å². The van der Waals surface area contributed by atoms with Crippen LogP contribution in [0, 0.1) is 0 Å². The fraction of sp³-hybridized carbons (Fsp3) is 0.235. The Morgan fingerprint density at radius 1 is 1.10 bits per heavy atom. The van der Waals surface area contributed by atoms with Crippen molar-refractivity contribution in [2.45, 2.75) is 13.0 Å². The maximum Gasteiger partial charge on any atom is 0.254 e. The Kier molecular flexibility index (Phi) is 4.53. The first-order valence-corrected chi connectivity index (χ1v) is 6.67. The Balaban J connectivity index is 2.41. The summed E-state index contributed by atoms with van der Waals surface area (Å²) in [4.78, 5) is 14.1. The van der Waals surface area contributed by atoms with Crippen LogP contribution < -0.4 is 0 Å². The van der Waals surface area contributed by atoms with Gasteiger partial charge in [0.25, 0.3) is 5.91 Å². The van der Waals surface area contributed by atoms with Gasteiger partial charge in [-0.25, -0.2) is 0 Å². The molecule has 0 saturated heterocycles. The first-order valence-electron chi connectivity index (χ1n) is 6.67. The van der Waals surface area contributed by atoms with Crippen LogP contribution in [0.1, 0.15) is 17.3 Å². The molecule has 1 N–H and O–H groups in total. The number of hydrogen-bond acceptors (Lipinski definition) is 2. The van der Waals surface area contributed by atoms with E-state index in [1.165, 1.54) is 0 Å². The number of amides is 1. The minimum atomic E-state index is -0.202. The molecule has 1 amide bonds. The van der Waals surface area contributed by atoms with Crippen LogP contribution in [0.3, 0.4) is 0 Å². The second-order valence-corrected chi connectivity index (χ2v) is 4.86. The molecule has 3 heteroatoms. The monoisotopic (exact) mass is 269 g/mol. The van der Waals surface area contributed by atoms with Gasteiger partial charge in [0.2, 0.25) is 0 Å². The maximum atomic E-state index is 12.6. The van der Waals surface area contributed by atoms with Gasteiger partial charge in [-0.15, -0.1) is 0 Å². The lowest BCUT2D eigenvalue weighted by molar-refractivity contribution is 0.0683. The van der Waals surface area contributed by atoms with E-state index in [0.717, 1.165) is 11.1 Å². The predicted octanol–water partition coefficient (Wildman–Crippen LogP) is 2.81. The number of aliphatic hydroxyl groups is 1. The number of likely N-dealkylation sites (N-methyl/N-ethyl adjacent to an activating group) is 1. The summed E-state index contributed by atoms with van der Waals surface area (Å²) in [6.45, 7) is 1.78. The molecule has 3 nitrogen and oxygen atoms in total. The van der Waals surface area contributed by atoms with Crippen LogP contribution in [-0.2, 0) is 0 Å². The van der Waals surface area contributed by atoms with Gasteiger partial charge in [0, 0.05) is 12.6 Å². The molecule has 0 aliphatic carbocycles. The summed E-state index contributed by atoms with van der Waals surface area (Å²) >= 11 is 0. The average molecular weight is 269 g/mol. The number of aliphatic hydroxyl groups excluding tert-OH is 1. The van der Waals surface area contributed by atoms with Gasteiger partial charge in [-0.2, -0.15) is 0 Å². The third-order valence-corrected chi connectivity index (χ3v) is 3.49. The lowest BCUT2D eigenvalue weighted by Gasteiger charge is -2.24. The van der Waals surface area contributed by atoms with Crippen LogP contribution in [0.2, 0.25) is 0 Å². The largest absolute Gasteiger partial charge is 0.394 e. The molecule has 2 rings (SSSR count). The van der Waals surface area contributed by atoms with E-state index in [1.807, 2.05) is 61.5 Å². The molecule has 0 saturated carbocycles. The lowest BCUT2D eigenvalue weighted by atomic mass is 9.98. The van der Waals surface area contributed by atoms with Gasteiger partial charge < -0.3 is 10.0 Å². The van der Waals surface area contributed by atoms with Crippen LogP contribution in [0.25, 0.3) is 11.1 Å². The zero-order valence-electron chi connectivity index (χ0n) is 11.8. The molecule has 0 spiro atoms. The molecule has 1 unspecified atom stereocenters. The molecule has 0 aromatic heterocycles. The van der Waals surface area contributed by atoms with Crippen molar-refractivity contribution in [2.24, 2.45) is 0 Å². The van der Waals surface area contributed by atoms with Gasteiger partial charge >= 0.3 is 0 Å². The summed E-state index contributed by atoms with van der Waals surface area (Å²) in [5.74, 6) is -0.0778. The number of carbonyl (C=O) groups is 1. The van der Waals surface area contributed by atoms with Crippen molar-refractivity contribution < 1.29 is 9.90 Å². The number of carbonyl (C=O) groups excluding carboxylic acids is 1. The van der Waals surface area contributed by atoms with E-state index >= 15 is 0 Å².